The average molecular weight is 617 g/mol. The summed E-state index contributed by atoms with van der Waals surface area (Å²) in [5.41, 5.74) is 7.06. The van der Waals surface area contributed by atoms with Crippen LogP contribution in [0.2, 0.25) is 0 Å². The Bertz CT molecular complexity index is 2720. The summed E-state index contributed by atoms with van der Waals surface area (Å²) in [5.74, 6) is 0. The number of fused-ring (bicyclic) bond motifs is 9. The highest BCUT2D eigenvalue weighted by Gasteiger charge is 2.22. The zero-order valence-electron chi connectivity index (χ0n) is 25.5. The molecule has 2 aromatic heterocycles. The highest BCUT2D eigenvalue weighted by Crippen LogP contribution is 2.47. The first kappa shape index (κ1) is 26.3. The Morgan fingerprint density at radius 3 is 1.74 bits per heavy atom. The summed E-state index contributed by atoms with van der Waals surface area (Å²) in [6.45, 7) is 0. The van der Waals surface area contributed by atoms with Gasteiger partial charge < -0.3 is 9.47 Å². The van der Waals surface area contributed by atoms with E-state index in [1.54, 1.807) is 0 Å². The second kappa shape index (κ2) is 10.3. The third-order valence-corrected chi connectivity index (χ3v) is 10.7. The topological polar surface area (TPSA) is 8.17 Å². The summed E-state index contributed by atoms with van der Waals surface area (Å²) in [4.78, 5) is 2.46. The molecule has 2 nitrogen and oxygen atoms in total. The first-order chi connectivity index (χ1) is 23.3. The third-order valence-electron chi connectivity index (χ3n) is 9.54. The quantitative estimate of drug-likeness (QED) is 0.191. The maximum absolute atomic E-state index is 2.46. The lowest BCUT2D eigenvalue weighted by Gasteiger charge is -2.28. The molecule has 0 amide bonds. The number of hydrogen-bond acceptors (Lipinski definition) is 2. The molecule has 0 aliphatic carbocycles. The molecule has 47 heavy (non-hydrogen) atoms. The molecule has 0 saturated heterocycles. The largest absolute Gasteiger partial charge is 0.309 e. The van der Waals surface area contributed by atoms with E-state index in [0.717, 1.165) is 17.1 Å². The Balaban J connectivity index is 1.34. The predicted octanol–water partition coefficient (Wildman–Crippen LogP) is 12.9. The van der Waals surface area contributed by atoms with Gasteiger partial charge in [-0.1, -0.05) is 115 Å². The van der Waals surface area contributed by atoms with Crippen molar-refractivity contribution in [1.29, 1.82) is 0 Å². The molecule has 0 bridgehead atoms. The monoisotopic (exact) mass is 616 g/mol. The first-order valence-electron chi connectivity index (χ1n) is 16.0. The van der Waals surface area contributed by atoms with Gasteiger partial charge in [-0.25, -0.2) is 0 Å². The van der Waals surface area contributed by atoms with Crippen LogP contribution in [0.15, 0.2) is 170 Å². The van der Waals surface area contributed by atoms with Crippen LogP contribution in [0.25, 0.3) is 69.2 Å². The van der Waals surface area contributed by atoms with Crippen LogP contribution in [0, 0.1) is 0 Å². The van der Waals surface area contributed by atoms with E-state index in [1.807, 2.05) is 11.3 Å². The summed E-state index contributed by atoms with van der Waals surface area (Å²) in [5, 5.41) is 10.1. The molecule has 0 aliphatic heterocycles. The minimum atomic E-state index is 1.13. The Morgan fingerprint density at radius 2 is 1.02 bits per heavy atom. The predicted molar refractivity (Wildman–Crippen MR) is 203 cm³/mol. The van der Waals surface area contributed by atoms with Crippen molar-refractivity contribution in [3.63, 3.8) is 0 Å². The molecule has 0 radical (unpaired) electrons. The normalized spacial score (nSPS) is 11.8. The van der Waals surface area contributed by atoms with Crippen LogP contribution in [0.3, 0.4) is 0 Å². The maximum Gasteiger partial charge on any atom is 0.0555 e. The number of anilines is 3. The minimum absolute atomic E-state index is 1.13. The first-order valence-corrected chi connectivity index (χ1v) is 16.8. The molecular weight excluding hydrogens is 589 g/mol. The van der Waals surface area contributed by atoms with Gasteiger partial charge in [0, 0.05) is 53.1 Å². The third kappa shape index (κ3) is 3.97. The van der Waals surface area contributed by atoms with E-state index < -0.39 is 0 Å². The lowest BCUT2D eigenvalue weighted by atomic mass is 10.0. The summed E-state index contributed by atoms with van der Waals surface area (Å²) in [7, 11) is 0. The van der Waals surface area contributed by atoms with Gasteiger partial charge in [0.25, 0.3) is 0 Å². The van der Waals surface area contributed by atoms with Crippen molar-refractivity contribution in [1.82, 2.24) is 4.57 Å². The molecule has 0 spiro atoms. The molecule has 8 aromatic carbocycles. The van der Waals surface area contributed by atoms with Gasteiger partial charge in [-0.05, 0) is 65.4 Å². The number of rotatable bonds is 4. The average Bonchev–Trinajstić information content (AvgIpc) is 3.68. The van der Waals surface area contributed by atoms with Crippen molar-refractivity contribution < 1.29 is 0 Å². The van der Waals surface area contributed by atoms with Crippen molar-refractivity contribution >= 4 is 91.9 Å². The molecule has 0 atom stereocenters. The summed E-state index contributed by atoms with van der Waals surface area (Å²) < 4.78 is 5.08. The Kier molecular flexibility index (Phi) is 5.78. The number of benzene rings is 8. The van der Waals surface area contributed by atoms with E-state index in [4.69, 9.17) is 0 Å². The van der Waals surface area contributed by atoms with Gasteiger partial charge in [0.2, 0.25) is 0 Å². The van der Waals surface area contributed by atoms with Gasteiger partial charge in [-0.2, -0.15) is 0 Å². The highest BCUT2D eigenvalue weighted by atomic mass is 32.1. The molecule has 0 saturated carbocycles. The minimum Gasteiger partial charge on any atom is -0.309 e. The summed E-state index contributed by atoms with van der Waals surface area (Å²) in [6.07, 6.45) is 0. The number of para-hydroxylation sites is 1. The SMILES string of the molecule is c1ccc(-n2c3ccc(N(c4cccc5ccccc45)c4cccc5ccccc45)cc3c3c4sc5ccccc5c4ccc32)cc1. The smallest absolute Gasteiger partial charge is 0.0555 e. The Labute approximate surface area is 276 Å². The molecule has 220 valence electrons. The molecular formula is C44H28N2S. The number of hydrogen-bond donors (Lipinski definition) is 0. The van der Waals surface area contributed by atoms with Gasteiger partial charge in [-0.15, -0.1) is 11.3 Å². The fourth-order valence-corrected chi connectivity index (χ4v) is 8.74. The van der Waals surface area contributed by atoms with E-state index in [0.29, 0.717) is 0 Å². The second-order valence-electron chi connectivity index (χ2n) is 12.1. The van der Waals surface area contributed by atoms with Crippen molar-refractivity contribution in [3.05, 3.63) is 170 Å². The fraction of sp³-hybridized carbons (Fsp3) is 0. The van der Waals surface area contributed by atoms with Crippen LogP contribution in [-0.2, 0) is 0 Å². The molecule has 0 N–H and O–H groups in total. The van der Waals surface area contributed by atoms with Gasteiger partial charge in [-0.3, -0.25) is 0 Å². The van der Waals surface area contributed by atoms with Crippen LogP contribution >= 0.6 is 11.3 Å². The van der Waals surface area contributed by atoms with Gasteiger partial charge in [0.15, 0.2) is 0 Å². The van der Waals surface area contributed by atoms with E-state index in [1.165, 1.54) is 69.2 Å². The summed E-state index contributed by atoms with van der Waals surface area (Å²) in [6, 6.07) is 61.9. The van der Waals surface area contributed by atoms with Crippen LogP contribution < -0.4 is 4.90 Å². The van der Waals surface area contributed by atoms with Gasteiger partial charge in [0.1, 0.15) is 0 Å². The van der Waals surface area contributed by atoms with Crippen LogP contribution in [0.5, 0.6) is 0 Å². The second-order valence-corrected chi connectivity index (χ2v) is 13.2. The van der Waals surface area contributed by atoms with Crippen molar-refractivity contribution in [2.24, 2.45) is 0 Å². The molecule has 0 fully saturated rings. The van der Waals surface area contributed by atoms with E-state index in [-0.39, 0.29) is 0 Å². The number of aromatic nitrogens is 1. The number of nitrogens with zero attached hydrogens (tertiary/aromatic N) is 2. The maximum atomic E-state index is 2.46. The molecule has 2 heterocycles. The van der Waals surface area contributed by atoms with Crippen LogP contribution in [0.1, 0.15) is 0 Å². The molecule has 10 rings (SSSR count). The van der Waals surface area contributed by atoms with E-state index >= 15 is 0 Å². The van der Waals surface area contributed by atoms with E-state index in [9.17, 15) is 0 Å². The lowest BCUT2D eigenvalue weighted by Crippen LogP contribution is -2.11. The Hall–Kier alpha value is -5.90. The van der Waals surface area contributed by atoms with Crippen molar-refractivity contribution in [2.45, 2.75) is 0 Å². The standard InChI is InChI=1S/C44H28N2S/c1-2-16-31(17-3-1)45-40-26-24-32(28-37(40)43-41(45)27-25-36-35-20-8-9-23-42(35)47-44(36)43)46(38-21-10-14-29-12-4-6-18-33(29)38)39-22-11-15-30-13-5-7-19-34(30)39/h1-28H. The van der Waals surface area contributed by atoms with Gasteiger partial charge in [0.05, 0.1) is 22.4 Å². The molecule has 0 aliphatic rings. The van der Waals surface area contributed by atoms with Crippen molar-refractivity contribution in [2.75, 3.05) is 4.90 Å². The zero-order valence-corrected chi connectivity index (χ0v) is 26.3. The zero-order chi connectivity index (χ0) is 30.9. The summed E-state index contributed by atoms with van der Waals surface area (Å²) >= 11 is 1.90. The highest BCUT2D eigenvalue weighted by molar-refractivity contribution is 7.26. The number of thiophene rings is 1. The lowest BCUT2D eigenvalue weighted by molar-refractivity contribution is 1.18. The molecule has 3 heteroatoms. The van der Waals surface area contributed by atoms with Crippen LogP contribution in [-0.4, -0.2) is 4.57 Å². The van der Waals surface area contributed by atoms with Gasteiger partial charge >= 0.3 is 0 Å². The fourth-order valence-electron chi connectivity index (χ4n) is 7.48. The molecule has 0 unspecified atom stereocenters. The van der Waals surface area contributed by atoms with Crippen molar-refractivity contribution in [3.8, 4) is 5.69 Å². The Morgan fingerprint density at radius 1 is 0.426 bits per heavy atom. The van der Waals surface area contributed by atoms with Crippen LogP contribution in [0.4, 0.5) is 17.1 Å². The van der Waals surface area contributed by atoms with E-state index in [2.05, 4.69) is 179 Å². The molecule has 10 aromatic rings.